The molecule has 1 heterocycles. The van der Waals surface area contributed by atoms with Crippen LogP contribution in [0.5, 0.6) is 0 Å². The van der Waals surface area contributed by atoms with Crippen molar-refractivity contribution in [2.45, 2.75) is 52.7 Å². The molecule has 1 aromatic heterocycles. The van der Waals surface area contributed by atoms with Gasteiger partial charge in [-0.15, -0.1) is 0 Å². The van der Waals surface area contributed by atoms with Gasteiger partial charge in [-0.2, -0.15) is 0 Å². The van der Waals surface area contributed by atoms with E-state index >= 15 is 0 Å². The number of rotatable bonds is 6. The van der Waals surface area contributed by atoms with Gasteiger partial charge in [0.15, 0.2) is 0 Å². The van der Waals surface area contributed by atoms with Crippen molar-refractivity contribution in [1.29, 1.82) is 0 Å². The molecule has 5 nitrogen and oxygen atoms in total. The molecule has 2 rings (SSSR count). The highest BCUT2D eigenvalue weighted by Crippen LogP contribution is 2.17. The second-order valence-electron chi connectivity index (χ2n) is 6.07. The molecule has 0 unspecified atom stereocenters. The molecule has 22 heavy (non-hydrogen) atoms. The van der Waals surface area contributed by atoms with Crippen molar-refractivity contribution >= 4 is 16.9 Å². The zero-order chi connectivity index (χ0) is 16.3. The Morgan fingerprint density at radius 3 is 2.45 bits per heavy atom. The van der Waals surface area contributed by atoms with Gasteiger partial charge in [0.1, 0.15) is 12.4 Å². The number of carbonyl (C=O) groups excluding carboxylic acids is 1. The smallest absolute Gasteiger partial charge is 0.243 e. The number of nitrogens with zero attached hydrogens (tertiary/aromatic N) is 3. The minimum Gasteiger partial charge on any atom is -0.396 e. The van der Waals surface area contributed by atoms with Crippen molar-refractivity contribution in [3.05, 3.63) is 30.1 Å². The second kappa shape index (κ2) is 6.92. The van der Waals surface area contributed by atoms with E-state index in [-0.39, 0.29) is 31.1 Å². The van der Waals surface area contributed by atoms with E-state index in [9.17, 15) is 9.90 Å². The Bertz CT molecular complexity index is 638. The Balaban J connectivity index is 2.37. The van der Waals surface area contributed by atoms with Crippen LogP contribution in [0.25, 0.3) is 11.0 Å². The number of amides is 1. The first-order valence-corrected chi connectivity index (χ1v) is 7.81. The van der Waals surface area contributed by atoms with Crippen molar-refractivity contribution in [2.75, 3.05) is 6.61 Å². The molecule has 0 atom stereocenters. The van der Waals surface area contributed by atoms with Gasteiger partial charge in [0.25, 0.3) is 0 Å². The van der Waals surface area contributed by atoms with Gasteiger partial charge in [-0.1, -0.05) is 12.1 Å². The number of benzene rings is 1. The molecule has 0 saturated heterocycles. The van der Waals surface area contributed by atoms with Crippen LogP contribution in [0.1, 0.15) is 33.5 Å². The average molecular weight is 303 g/mol. The lowest BCUT2D eigenvalue weighted by Crippen LogP contribution is -2.43. The van der Waals surface area contributed by atoms with E-state index in [1.807, 2.05) is 61.4 Å². The summed E-state index contributed by atoms with van der Waals surface area (Å²) in [5.41, 5.74) is 1.80. The van der Waals surface area contributed by atoms with Gasteiger partial charge >= 0.3 is 0 Å². The number of carbonyl (C=O) groups is 1. The fourth-order valence-corrected chi connectivity index (χ4v) is 2.98. The number of aliphatic hydroxyl groups is 1. The minimum atomic E-state index is 0.0234. The Morgan fingerprint density at radius 1 is 1.23 bits per heavy atom. The zero-order valence-corrected chi connectivity index (χ0v) is 13.8. The summed E-state index contributed by atoms with van der Waals surface area (Å²) in [6, 6.07) is 8.08. The lowest BCUT2D eigenvalue weighted by Gasteiger charge is -2.31. The number of fused-ring (bicyclic) bond motifs is 1. The van der Waals surface area contributed by atoms with Crippen LogP contribution < -0.4 is 0 Å². The highest BCUT2D eigenvalue weighted by atomic mass is 16.3. The van der Waals surface area contributed by atoms with Crippen molar-refractivity contribution in [3.63, 3.8) is 0 Å². The molecule has 0 bridgehead atoms. The van der Waals surface area contributed by atoms with Crippen LogP contribution in [0.2, 0.25) is 0 Å². The molecule has 0 fully saturated rings. The quantitative estimate of drug-likeness (QED) is 0.890. The Hall–Kier alpha value is -1.88. The largest absolute Gasteiger partial charge is 0.396 e. The van der Waals surface area contributed by atoms with E-state index < -0.39 is 0 Å². The Labute approximate surface area is 131 Å². The summed E-state index contributed by atoms with van der Waals surface area (Å²) >= 11 is 0. The van der Waals surface area contributed by atoms with Crippen LogP contribution >= 0.6 is 0 Å². The standard InChI is InChI=1S/C17H25N3O2/c1-12(2)20(13(3)4)17(22)11-19-15-8-6-5-7-14(15)18-16(19)9-10-21/h5-8,12-13,21H,9-11H2,1-4H3. The van der Waals surface area contributed by atoms with Gasteiger partial charge < -0.3 is 14.6 Å². The van der Waals surface area contributed by atoms with Gasteiger partial charge in [0.2, 0.25) is 5.91 Å². The molecule has 5 heteroatoms. The fraction of sp³-hybridized carbons (Fsp3) is 0.529. The number of hydrogen-bond donors (Lipinski definition) is 1. The zero-order valence-electron chi connectivity index (χ0n) is 13.8. The summed E-state index contributed by atoms with van der Waals surface area (Å²) < 4.78 is 1.92. The summed E-state index contributed by atoms with van der Waals surface area (Å²) in [6.45, 7) is 8.38. The predicted octanol–water partition coefficient (Wildman–Crippen LogP) is 2.22. The van der Waals surface area contributed by atoms with Gasteiger partial charge in [0, 0.05) is 18.5 Å². The summed E-state index contributed by atoms with van der Waals surface area (Å²) in [7, 11) is 0. The molecule has 0 aliphatic rings. The highest BCUT2D eigenvalue weighted by molar-refractivity contribution is 5.81. The molecule has 1 amide bonds. The number of hydrogen-bond acceptors (Lipinski definition) is 3. The van der Waals surface area contributed by atoms with E-state index in [4.69, 9.17) is 0 Å². The first-order chi connectivity index (χ1) is 10.5. The van der Waals surface area contributed by atoms with Crippen LogP contribution in [0.4, 0.5) is 0 Å². The van der Waals surface area contributed by atoms with E-state index in [2.05, 4.69) is 4.98 Å². The van der Waals surface area contributed by atoms with Crippen LogP contribution in [0.3, 0.4) is 0 Å². The van der Waals surface area contributed by atoms with E-state index in [1.165, 1.54) is 0 Å². The van der Waals surface area contributed by atoms with Crippen molar-refractivity contribution in [1.82, 2.24) is 14.5 Å². The first-order valence-electron chi connectivity index (χ1n) is 7.81. The number of imidazole rings is 1. The summed E-state index contributed by atoms with van der Waals surface area (Å²) in [4.78, 5) is 19.1. The van der Waals surface area contributed by atoms with Crippen molar-refractivity contribution in [3.8, 4) is 0 Å². The molecule has 2 aromatic rings. The first kappa shape index (κ1) is 16.5. The molecule has 0 radical (unpaired) electrons. The number of aliphatic hydroxyl groups excluding tert-OH is 1. The Kier molecular flexibility index (Phi) is 5.19. The maximum atomic E-state index is 12.7. The molecule has 120 valence electrons. The van der Waals surface area contributed by atoms with Crippen LogP contribution in [-0.2, 0) is 17.8 Å². The van der Waals surface area contributed by atoms with Gasteiger partial charge in [-0.25, -0.2) is 4.98 Å². The summed E-state index contributed by atoms with van der Waals surface area (Å²) in [6.07, 6.45) is 0.450. The van der Waals surface area contributed by atoms with Crippen molar-refractivity contribution in [2.24, 2.45) is 0 Å². The number of aromatic nitrogens is 2. The normalized spacial score (nSPS) is 11.6. The average Bonchev–Trinajstić information content (AvgIpc) is 2.76. The molecule has 0 spiro atoms. The summed E-state index contributed by atoms with van der Waals surface area (Å²) in [5.74, 6) is 0.830. The fourth-order valence-electron chi connectivity index (χ4n) is 2.98. The maximum Gasteiger partial charge on any atom is 0.243 e. The topological polar surface area (TPSA) is 58.4 Å². The molecule has 0 saturated carbocycles. The summed E-state index contributed by atoms with van der Waals surface area (Å²) in [5, 5.41) is 9.24. The van der Waals surface area contributed by atoms with E-state index in [1.54, 1.807) is 0 Å². The molecule has 1 aromatic carbocycles. The highest BCUT2D eigenvalue weighted by Gasteiger charge is 2.22. The second-order valence-corrected chi connectivity index (χ2v) is 6.07. The van der Waals surface area contributed by atoms with Crippen LogP contribution in [0.15, 0.2) is 24.3 Å². The lowest BCUT2D eigenvalue weighted by molar-refractivity contribution is -0.135. The van der Waals surface area contributed by atoms with Crippen LogP contribution in [0, 0.1) is 0 Å². The molecule has 0 aliphatic carbocycles. The van der Waals surface area contributed by atoms with Gasteiger partial charge in [-0.3, -0.25) is 4.79 Å². The SMILES string of the molecule is CC(C)N(C(=O)Cn1c(CCO)nc2ccccc21)C(C)C. The molecule has 0 aliphatic heterocycles. The third-order valence-electron chi connectivity index (χ3n) is 3.76. The van der Waals surface area contributed by atoms with E-state index in [0.29, 0.717) is 6.42 Å². The molecule has 1 N–H and O–H groups in total. The molecular formula is C17H25N3O2. The third-order valence-corrected chi connectivity index (χ3v) is 3.76. The minimum absolute atomic E-state index is 0.0234. The Morgan fingerprint density at radius 2 is 1.86 bits per heavy atom. The maximum absolute atomic E-state index is 12.7. The third kappa shape index (κ3) is 3.30. The van der Waals surface area contributed by atoms with Crippen LogP contribution in [-0.4, -0.2) is 44.2 Å². The lowest BCUT2D eigenvalue weighted by atomic mass is 10.2. The van der Waals surface area contributed by atoms with Gasteiger partial charge in [0.05, 0.1) is 17.6 Å². The monoisotopic (exact) mass is 303 g/mol. The van der Waals surface area contributed by atoms with Gasteiger partial charge in [-0.05, 0) is 39.8 Å². The molecular weight excluding hydrogens is 278 g/mol. The predicted molar refractivity (Wildman–Crippen MR) is 87.6 cm³/mol. The number of para-hydroxylation sites is 2. The van der Waals surface area contributed by atoms with E-state index in [0.717, 1.165) is 16.9 Å². The van der Waals surface area contributed by atoms with Crippen molar-refractivity contribution < 1.29 is 9.90 Å².